The molecule has 6 nitrogen and oxygen atoms in total. The van der Waals surface area contributed by atoms with Gasteiger partial charge in [0.15, 0.2) is 0 Å². The Morgan fingerprint density at radius 3 is 2.52 bits per heavy atom. The Morgan fingerprint density at radius 2 is 1.68 bits per heavy atom. The lowest BCUT2D eigenvalue weighted by Crippen LogP contribution is -2.48. The quantitative estimate of drug-likeness (QED) is 0.665. The molecule has 2 heterocycles. The van der Waals surface area contributed by atoms with Crippen LogP contribution in [-0.4, -0.2) is 44.6 Å². The number of fused-ring (bicyclic) bond motifs is 1. The van der Waals surface area contributed by atoms with Crippen LogP contribution in [0.1, 0.15) is 42.5 Å². The van der Waals surface area contributed by atoms with Gasteiger partial charge in [-0.1, -0.05) is 18.6 Å². The predicted molar refractivity (Wildman–Crippen MR) is 95.7 cm³/mol. The molecule has 2 amide bonds. The summed E-state index contributed by atoms with van der Waals surface area (Å²) in [5, 5.41) is 9.35. The summed E-state index contributed by atoms with van der Waals surface area (Å²) < 4.78 is 5.74. The summed E-state index contributed by atoms with van der Waals surface area (Å²) in [6.45, 7) is 3.18. The first-order valence-corrected chi connectivity index (χ1v) is 9.20. The van der Waals surface area contributed by atoms with Crippen LogP contribution in [0.25, 0.3) is 0 Å². The zero-order valence-corrected chi connectivity index (χ0v) is 14.6. The van der Waals surface area contributed by atoms with E-state index in [9.17, 15) is 9.59 Å². The van der Waals surface area contributed by atoms with Crippen molar-refractivity contribution in [1.82, 2.24) is 16.0 Å². The van der Waals surface area contributed by atoms with E-state index in [1.54, 1.807) is 12.1 Å². The van der Waals surface area contributed by atoms with Gasteiger partial charge in [-0.25, -0.2) is 0 Å². The van der Waals surface area contributed by atoms with Crippen molar-refractivity contribution in [2.24, 2.45) is 5.41 Å². The minimum absolute atomic E-state index is 0.103. The molecule has 1 fully saturated rings. The Bertz CT molecular complexity index is 612. The van der Waals surface area contributed by atoms with Crippen LogP contribution < -0.4 is 20.7 Å². The summed E-state index contributed by atoms with van der Waals surface area (Å²) >= 11 is 0. The molecule has 2 aliphatic rings. The van der Waals surface area contributed by atoms with Crippen molar-refractivity contribution in [3.63, 3.8) is 0 Å². The van der Waals surface area contributed by atoms with Crippen molar-refractivity contribution in [2.45, 2.75) is 32.1 Å². The molecular weight excluding hydrogens is 318 g/mol. The molecule has 25 heavy (non-hydrogen) atoms. The third-order valence-corrected chi connectivity index (χ3v) is 5.19. The Balaban J connectivity index is 1.71. The van der Waals surface area contributed by atoms with E-state index in [1.807, 2.05) is 12.1 Å². The molecule has 1 spiro atoms. The topological polar surface area (TPSA) is 79.5 Å². The summed E-state index contributed by atoms with van der Waals surface area (Å²) in [7, 11) is 0. The van der Waals surface area contributed by atoms with Crippen LogP contribution in [-0.2, 0) is 4.79 Å². The fraction of sp³-hybridized carbons (Fsp3) is 0.579. The number of benzene rings is 1. The van der Waals surface area contributed by atoms with Crippen LogP contribution in [0.5, 0.6) is 5.75 Å². The maximum absolute atomic E-state index is 12.8. The van der Waals surface area contributed by atoms with Crippen LogP contribution in [0, 0.1) is 5.41 Å². The van der Waals surface area contributed by atoms with Gasteiger partial charge in [0.25, 0.3) is 5.91 Å². The number of nitrogens with one attached hydrogen (secondary N) is 3. The van der Waals surface area contributed by atoms with Crippen molar-refractivity contribution < 1.29 is 14.3 Å². The van der Waals surface area contributed by atoms with E-state index in [1.165, 1.54) is 0 Å². The van der Waals surface area contributed by atoms with E-state index in [0.717, 1.165) is 45.2 Å². The molecule has 6 heteroatoms. The summed E-state index contributed by atoms with van der Waals surface area (Å²) in [5.74, 6) is 0.600. The van der Waals surface area contributed by atoms with Crippen LogP contribution in [0.15, 0.2) is 24.3 Å². The molecule has 3 rings (SSSR count). The molecule has 0 unspecified atom stereocenters. The van der Waals surface area contributed by atoms with E-state index in [-0.39, 0.29) is 17.2 Å². The minimum Gasteiger partial charge on any atom is -0.491 e. The number of hydrogen-bond acceptors (Lipinski definition) is 4. The lowest BCUT2D eigenvalue weighted by Gasteiger charge is -2.36. The number of para-hydroxylation sites is 1. The Kier molecular flexibility index (Phi) is 5.91. The van der Waals surface area contributed by atoms with Gasteiger partial charge < -0.3 is 20.7 Å². The van der Waals surface area contributed by atoms with Crippen LogP contribution in [0.3, 0.4) is 0 Å². The maximum Gasteiger partial charge on any atom is 0.255 e. The third-order valence-electron chi connectivity index (χ3n) is 5.19. The number of ether oxygens (including phenoxy) is 1. The van der Waals surface area contributed by atoms with E-state index in [4.69, 9.17) is 4.74 Å². The van der Waals surface area contributed by atoms with E-state index in [0.29, 0.717) is 31.0 Å². The molecule has 1 saturated heterocycles. The summed E-state index contributed by atoms with van der Waals surface area (Å²) in [6.07, 6.45) is 4.42. The highest BCUT2D eigenvalue weighted by atomic mass is 16.5. The normalized spacial score (nSPS) is 22.1. The monoisotopic (exact) mass is 345 g/mol. The number of rotatable bonds is 0. The highest BCUT2D eigenvalue weighted by Crippen LogP contribution is 2.34. The van der Waals surface area contributed by atoms with E-state index in [2.05, 4.69) is 16.0 Å². The molecule has 3 N–H and O–H groups in total. The zero-order valence-electron chi connectivity index (χ0n) is 14.6. The van der Waals surface area contributed by atoms with Crippen LogP contribution in [0.2, 0.25) is 0 Å². The predicted octanol–water partition coefficient (Wildman–Crippen LogP) is 1.47. The van der Waals surface area contributed by atoms with E-state index >= 15 is 0 Å². The SMILES string of the molecule is O=C1NCCCCC2(CCNCC2)C(=O)NCCOc2ccccc21. The van der Waals surface area contributed by atoms with Gasteiger partial charge in [0.1, 0.15) is 12.4 Å². The first kappa shape index (κ1) is 17.7. The lowest BCUT2D eigenvalue weighted by molar-refractivity contribution is -0.133. The van der Waals surface area contributed by atoms with Gasteiger partial charge >= 0.3 is 0 Å². The van der Waals surface area contributed by atoms with Gasteiger partial charge in [0.2, 0.25) is 5.91 Å². The largest absolute Gasteiger partial charge is 0.491 e. The second-order valence-electron chi connectivity index (χ2n) is 6.84. The first-order valence-electron chi connectivity index (χ1n) is 9.20. The molecule has 1 aromatic rings. The van der Waals surface area contributed by atoms with Crippen LogP contribution in [0.4, 0.5) is 0 Å². The number of amides is 2. The lowest BCUT2D eigenvalue weighted by atomic mass is 9.74. The van der Waals surface area contributed by atoms with Crippen molar-refractivity contribution in [3.05, 3.63) is 29.8 Å². The number of carbonyl (C=O) groups excluding carboxylic acids is 2. The fourth-order valence-electron chi connectivity index (χ4n) is 3.67. The highest BCUT2D eigenvalue weighted by Gasteiger charge is 2.38. The first-order chi connectivity index (χ1) is 12.2. The summed E-state index contributed by atoms with van der Waals surface area (Å²) in [6, 6.07) is 7.22. The van der Waals surface area contributed by atoms with Gasteiger partial charge in [-0.2, -0.15) is 0 Å². The molecule has 0 saturated carbocycles. The average Bonchev–Trinajstić information content (AvgIpc) is 2.65. The van der Waals surface area contributed by atoms with Gasteiger partial charge in [0.05, 0.1) is 17.5 Å². The number of carbonyl (C=O) groups is 2. The van der Waals surface area contributed by atoms with Crippen molar-refractivity contribution in [3.8, 4) is 5.75 Å². The molecule has 2 aliphatic heterocycles. The zero-order chi connectivity index (χ0) is 17.5. The average molecular weight is 345 g/mol. The number of hydrogen-bond donors (Lipinski definition) is 3. The third kappa shape index (κ3) is 4.31. The van der Waals surface area contributed by atoms with Gasteiger partial charge in [-0.3, -0.25) is 9.59 Å². The maximum atomic E-state index is 12.8. The molecular formula is C19H27N3O3. The summed E-state index contributed by atoms with van der Waals surface area (Å²) in [4.78, 5) is 25.1. The molecule has 0 atom stereocenters. The van der Waals surface area contributed by atoms with Gasteiger partial charge in [-0.15, -0.1) is 0 Å². The Morgan fingerprint density at radius 1 is 0.880 bits per heavy atom. The Hall–Kier alpha value is -2.08. The molecule has 136 valence electrons. The second kappa shape index (κ2) is 8.34. The fourth-order valence-corrected chi connectivity index (χ4v) is 3.67. The van der Waals surface area contributed by atoms with Crippen molar-refractivity contribution >= 4 is 11.8 Å². The molecule has 1 aromatic carbocycles. The van der Waals surface area contributed by atoms with Crippen LogP contribution >= 0.6 is 0 Å². The van der Waals surface area contributed by atoms with Gasteiger partial charge in [-0.05, 0) is 50.9 Å². The van der Waals surface area contributed by atoms with Crippen molar-refractivity contribution in [2.75, 3.05) is 32.8 Å². The molecule has 0 aliphatic carbocycles. The van der Waals surface area contributed by atoms with E-state index < -0.39 is 0 Å². The second-order valence-corrected chi connectivity index (χ2v) is 6.84. The number of piperidine rings is 1. The summed E-state index contributed by atoms with van der Waals surface area (Å²) in [5.41, 5.74) is 0.262. The van der Waals surface area contributed by atoms with Crippen molar-refractivity contribution in [1.29, 1.82) is 0 Å². The molecule has 0 radical (unpaired) electrons. The standard InChI is InChI=1S/C19H27N3O3/c23-17-15-5-1-2-6-16(15)25-14-13-22-18(24)19(7-3-4-10-21-17)8-11-20-12-9-19/h1-2,5-6,20H,3-4,7-14H2,(H,21,23)(H,22,24). The highest BCUT2D eigenvalue weighted by molar-refractivity contribution is 5.96. The molecule has 0 aromatic heterocycles. The van der Waals surface area contributed by atoms with Gasteiger partial charge in [0, 0.05) is 6.54 Å². The smallest absolute Gasteiger partial charge is 0.255 e. The molecule has 0 bridgehead atoms. The Labute approximate surface area is 148 Å². The minimum atomic E-state index is -0.280.